The number of hydrogen-bond acceptors (Lipinski definition) is 3. The molecule has 0 aliphatic carbocycles. The van der Waals surface area contributed by atoms with E-state index < -0.39 is 11.7 Å². The Bertz CT molecular complexity index is 421. The van der Waals surface area contributed by atoms with Crippen LogP contribution in [0, 0.1) is 11.3 Å². The van der Waals surface area contributed by atoms with Crippen molar-refractivity contribution in [2.75, 3.05) is 25.5 Å². The minimum atomic E-state index is -4.42. The lowest BCUT2D eigenvalue weighted by Gasteiger charge is -2.11. The zero-order valence-electron chi connectivity index (χ0n) is 9.23. The third kappa shape index (κ3) is 3.64. The van der Waals surface area contributed by atoms with E-state index in [1.807, 2.05) is 0 Å². The summed E-state index contributed by atoms with van der Waals surface area (Å²) in [5, 5.41) is 14.6. The maximum absolute atomic E-state index is 12.4. The second-order valence-corrected chi connectivity index (χ2v) is 3.40. The predicted octanol–water partition coefficient (Wildman–Crippen LogP) is 2.21. The van der Waals surface area contributed by atoms with Gasteiger partial charge in [-0.2, -0.15) is 18.4 Å². The number of benzene rings is 1. The number of halogens is 3. The van der Waals surface area contributed by atoms with Crippen LogP contribution in [0.3, 0.4) is 0 Å². The summed E-state index contributed by atoms with van der Waals surface area (Å²) in [6.07, 6.45) is -4.42. The van der Waals surface area contributed by atoms with Gasteiger partial charge in [-0.05, 0) is 25.2 Å². The van der Waals surface area contributed by atoms with Crippen molar-refractivity contribution in [3.63, 3.8) is 0 Å². The fourth-order valence-corrected chi connectivity index (χ4v) is 1.29. The van der Waals surface area contributed by atoms with Gasteiger partial charge in [0.2, 0.25) is 0 Å². The monoisotopic (exact) mass is 243 g/mol. The summed E-state index contributed by atoms with van der Waals surface area (Å²) in [4.78, 5) is 0. The molecule has 17 heavy (non-hydrogen) atoms. The first-order chi connectivity index (χ1) is 7.99. The van der Waals surface area contributed by atoms with Gasteiger partial charge in [-0.1, -0.05) is 0 Å². The number of alkyl halides is 3. The summed E-state index contributed by atoms with van der Waals surface area (Å²) in [6.45, 7) is 1.20. The van der Waals surface area contributed by atoms with Crippen molar-refractivity contribution in [3.8, 4) is 6.07 Å². The van der Waals surface area contributed by atoms with E-state index in [0.717, 1.165) is 12.1 Å². The van der Waals surface area contributed by atoms with Crippen molar-refractivity contribution in [1.29, 1.82) is 5.26 Å². The van der Waals surface area contributed by atoms with Crippen LogP contribution in [0.1, 0.15) is 11.1 Å². The summed E-state index contributed by atoms with van der Waals surface area (Å²) >= 11 is 0. The molecular weight excluding hydrogens is 231 g/mol. The third-order valence-electron chi connectivity index (χ3n) is 2.16. The Morgan fingerprint density at radius 2 is 2.00 bits per heavy atom. The number of hydrogen-bond donors (Lipinski definition) is 2. The number of nitrogens with zero attached hydrogens (tertiary/aromatic N) is 1. The molecule has 3 nitrogen and oxygen atoms in total. The standard InChI is InChI=1S/C11H12F3N3/c1-16-4-5-17-10-3-2-9(11(12,13)14)6-8(10)7-15/h2-3,6,16-17H,4-5H2,1H3. The van der Waals surface area contributed by atoms with E-state index in [0.29, 0.717) is 18.8 Å². The van der Waals surface area contributed by atoms with Crippen LogP contribution in [-0.2, 0) is 6.18 Å². The number of nitriles is 1. The fourth-order valence-electron chi connectivity index (χ4n) is 1.29. The molecule has 0 atom stereocenters. The molecule has 0 fully saturated rings. The first-order valence-corrected chi connectivity index (χ1v) is 4.99. The van der Waals surface area contributed by atoms with Crippen LogP contribution < -0.4 is 10.6 Å². The molecule has 92 valence electrons. The van der Waals surface area contributed by atoms with Crippen LogP contribution in [0.15, 0.2) is 18.2 Å². The molecule has 0 amide bonds. The molecule has 0 spiro atoms. The van der Waals surface area contributed by atoms with Gasteiger partial charge >= 0.3 is 6.18 Å². The van der Waals surface area contributed by atoms with Gasteiger partial charge in [-0.15, -0.1) is 0 Å². The number of nitrogens with one attached hydrogen (secondary N) is 2. The van der Waals surface area contributed by atoms with E-state index in [2.05, 4.69) is 10.6 Å². The quantitative estimate of drug-likeness (QED) is 0.797. The summed E-state index contributed by atoms with van der Waals surface area (Å²) in [6, 6.07) is 4.84. The maximum atomic E-state index is 12.4. The van der Waals surface area contributed by atoms with Crippen LogP contribution >= 0.6 is 0 Å². The summed E-state index contributed by atoms with van der Waals surface area (Å²) < 4.78 is 37.2. The zero-order valence-corrected chi connectivity index (χ0v) is 9.23. The second-order valence-electron chi connectivity index (χ2n) is 3.40. The van der Waals surface area contributed by atoms with Crippen molar-refractivity contribution >= 4 is 5.69 Å². The minimum Gasteiger partial charge on any atom is -0.383 e. The molecule has 2 N–H and O–H groups in total. The van der Waals surface area contributed by atoms with Gasteiger partial charge in [0.15, 0.2) is 0 Å². The van der Waals surface area contributed by atoms with E-state index in [9.17, 15) is 13.2 Å². The fraction of sp³-hybridized carbons (Fsp3) is 0.364. The lowest BCUT2D eigenvalue weighted by atomic mass is 10.1. The van der Waals surface area contributed by atoms with Crippen molar-refractivity contribution in [2.24, 2.45) is 0 Å². The molecule has 0 aromatic heterocycles. The van der Waals surface area contributed by atoms with Crippen LogP contribution in [0.25, 0.3) is 0 Å². The van der Waals surface area contributed by atoms with Crippen molar-refractivity contribution in [2.45, 2.75) is 6.18 Å². The van der Waals surface area contributed by atoms with E-state index in [4.69, 9.17) is 5.26 Å². The molecule has 6 heteroatoms. The highest BCUT2D eigenvalue weighted by Crippen LogP contribution is 2.31. The van der Waals surface area contributed by atoms with Gasteiger partial charge in [-0.3, -0.25) is 0 Å². The molecule has 0 aliphatic heterocycles. The summed E-state index contributed by atoms with van der Waals surface area (Å²) in [5.41, 5.74) is -0.403. The first-order valence-electron chi connectivity index (χ1n) is 4.99. The van der Waals surface area contributed by atoms with Crippen LogP contribution in [0.5, 0.6) is 0 Å². The second kappa shape index (κ2) is 5.55. The molecule has 0 bridgehead atoms. The minimum absolute atomic E-state index is 0.00377. The van der Waals surface area contributed by atoms with Crippen LogP contribution in [0.2, 0.25) is 0 Å². The lowest BCUT2D eigenvalue weighted by Crippen LogP contribution is -2.18. The Morgan fingerprint density at radius 3 is 2.53 bits per heavy atom. The molecule has 0 saturated carbocycles. The lowest BCUT2D eigenvalue weighted by molar-refractivity contribution is -0.137. The van der Waals surface area contributed by atoms with Gasteiger partial charge < -0.3 is 10.6 Å². The normalized spacial score (nSPS) is 11.0. The SMILES string of the molecule is CNCCNc1ccc(C(F)(F)F)cc1C#N. The van der Waals surface area contributed by atoms with Gasteiger partial charge in [0.1, 0.15) is 6.07 Å². The Labute approximate surface area is 97.2 Å². The van der Waals surface area contributed by atoms with Crippen LogP contribution in [-0.4, -0.2) is 20.1 Å². The van der Waals surface area contributed by atoms with E-state index >= 15 is 0 Å². The highest BCUT2D eigenvalue weighted by atomic mass is 19.4. The van der Waals surface area contributed by atoms with E-state index in [1.54, 1.807) is 13.1 Å². The molecule has 0 saturated heterocycles. The summed E-state index contributed by atoms with van der Waals surface area (Å²) in [7, 11) is 1.76. The zero-order chi connectivity index (χ0) is 12.9. The Balaban J connectivity index is 2.91. The Hall–Kier alpha value is -1.74. The maximum Gasteiger partial charge on any atom is 0.416 e. The highest BCUT2D eigenvalue weighted by Gasteiger charge is 2.30. The molecule has 0 unspecified atom stereocenters. The number of anilines is 1. The molecule has 1 aromatic rings. The smallest absolute Gasteiger partial charge is 0.383 e. The van der Waals surface area contributed by atoms with Crippen molar-refractivity contribution in [1.82, 2.24) is 5.32 Å². The number of rotatable bonds is 4. The average Bonchev–Trinajstić information content (AvgIpc) is 2.28. The van der Waals surface area contributed by atoms with E-state index in [1.165, 1.54) is 6.07 Å². The number of likely N-dealkylation sites (N-methyl/N-ethyl adjacent to an activating group) is 1. The van der Waals surface area contributed by atoms with Crippen LogP contribution in [0.4, 0.5) is 18.9 Å². The Morgan fingerprint density at radius 1 is 1.29 bits per heavy atom. The first kappa shape index (κ1) is 13.3. The molecular formula is C11H12F3N3. The largest absolute Gasteiger partial charge is 0.416 e. The van der Waals surface area contributed by atoms with Gasteiger partial charge in [0, 0.05) is 13.1 Å². The third-order valence-corrected chi connectivity index (χ3v) is 2.16. The molecule has 0 heterocycles. The Kier molecular flexibility index (Phi) is 4.35. The topological polar surface area (TPSA) is 47.8 Å². The van der Waals surface area contributed by atoms with Gasteiger partial charge in [0.05, 0.1) is 16.8 Å². The van der Waals surface area contributed by atoms with E-state index in [-0.39, 0.29) is 5.56 Å². The van der Waals surface area contributed by atoms with Crippen molar-refractivity contribution in [3.05, 3.63) is 29.3 Å². The van der Waals surface area contributed by atoms with Crippen molar-refractivity contribution < 1.29 is 13.2 Å². The average molecular weight is 243 g/mol. The molecule has 1 rings (SSSR count). The molecule has 0 aliphatic rings. The van der Waals surface area contributed by atoms with Gasteiger partial charge in [-0.25, -0.2) is 0 Å². The molecule has 1 aromatic carbocycles. The highest BCUT2D eigenvalue weighted by molar-refractivity contribution is 5.59. The molecule has 0 radical (unpaired) electrons. The predicted molar refractivity (Wildman–Crippen MR) is 58.6 cm³/mol. The summed E-state index contributed by atoms with van der Waals surface area (Å²) in [5.74, 6) is 0. The van der Waals surface area contributed by atoms with Gasteiger partial charge in [0.25, 0.3) is 0 Å².